The lowest BCUT2D eigenvalue weighted by molar-refractivity contribution is 0.197. The minimum atomic E-state index is -0.344. The van der Waals surface area contributed by atoms with Crippen molar-refractivity contribution >= 4 is 0 Å². The van der Waals surface area contributed by atoms with Crippen molar-refractivity contribution in [2.45, 2.75) is 18.3 Å². The highest BCUT2D eigenvalue weighted by Gasteiger charge is 2.37. The molecule has 1 aliphatic rings. The van der Waals surface area contributed by atoms with Crippen LogP contribution in [0.4, 0.5) is 0 Å². The molecular formula is C11H13N3O. The van der Waals surface area contributed by atoms with E-state index in [1.807, 2.05) is 18.2 Å². The Morgan fingerprint density at radius 3 is 3.00 bits per heavy atom. The Morgan fingerprint density at radius 1 is 1.47 bits per heavy atom. The third-order valence-electron chi connectivity index (χ3n) is 3.20. The van der Waals surface area contributed by atoms with Gasteiger partial charge in [-0.05, 0) is 29.5 Å². The molecule has 1 N–H and O–H groups in total. The molecule has 0 amide bonds. The fourth-order valence-electron chi connectivity index (χ4n) is 2.31. The molecule has 0 unspecified atom stereocenters. The van der Waals surface area contributed by atoms with Gasteiger partial charge in [-0.25, -0.2) is 0 Å². The van der Waals surface area contributed by atoms with Gasteiger partial charge in [-0.3, -0.25) is 0 Å². The second-order valence-electron chi connectivity index (χ2n) is 3.98. The number of aliphatic hydroxyl groups excluding tert-OH is 1. The van der Waals surface area contributed by atoms with Crippen molar-refractivity contribution in [3.05, 3.63) is 45.8 Å². The summed E-state index contributed by atoms with van der Waals surface area (Å²) in [6, 6.07) is 8.05. The van der Waals surface area contributed by atoms with Crippen molar-refractivity contribution in [1.29, 1.82) is 0 Å². The van der Waals surface area contributed by atoms with Crippen LogP contribution in [0.15, 0.2) is 29.4 Å². The number of fused-ring (bicyclic) bond motifs is 1. The minimum Gasteiger partial charge on any atom is -0.395 e. The SMILES string of the molecule is [N-]=[N+]=NC[C@]1(CO)CCc2ccccc21. The summed E-state index contributed by atoms with van der Waals surface area (Å²) in [5.74, 6) is 0. The Bertz CT molecular complexity index is 412. The van der Waals surface area contributed by atoms with E-state index in [-0.39, 0.29) is 12.0 Å². The monoisotopic (exact) mass is 203 g/mol. The zero-order valence-corrected chi connectivity index (χ0v) is 8.43. The molecule has 2 rings (SSSR count). The quantitative estimate of drug-likeness (QED) is 0.456. The second kappa shape index (κ2) is 3.93. The number of aliphatic hydroxyl groups is 1. The van der Waals surface area contributed by atoms with Gasteiger partial charge in [0.25, 0.3) is 0 Å². The number of benzene rings is 1. The number of azide groups is 1. The largest absolute Gasteiger partial charge is 0.395 e. The summed E-state index contributed by atoms with van der Waals surface area (Å²) in [5, 5.41) is 13.1. The molecular weight excluding hydrogens is 190 g/mol. The molecule has 0 saturated carbocycles. The summed E-state index contributed by atoms with van der Waals surface area (Å²) >= 11 is 0. The molecule has 0 aliphatic heterocycles. The Hall–Kier alpha value is -1.51. The van der Waals surface area contributed by atoms with Crippen LogP contribution in [0.25, 0.3) is 10.4 Å². The summed E-state index contributed by atoms with van der Waals surface area (Å²) in [6.45, 7) is 0.389. The molecule has 4 nitrogen and oxygen atoms in total. The minimum absolute atomic E-state index is 0.0447. The number of hydrogen-bond acceptors (Lipinski definition) is 2. The van der Waals surface area contributed by atoms with Crippen LogP contribution in [0.2, 0.25) is 0 Å². The van der Waals surface area contributed by atoms with E-state index >= 15 is 0 Å². The van der Waals surface area contributed by atoms with Crippen LogP contribution in [0.1, 0.15) is 17.5 Å². The van der Waals surface area contributed by atoms with Gasteiger partial charge in [0, 0.05) is 16.9 Å². The number of aryl methyl sites for hydroxylation is 1. The molecule has 1 aliphatic carbocycles. The van der Waals surface area contributed by atoms with E-state index in [9.17, 15) is 5.11 Å². The van der Waals surface area contributed by atoms with E-state index in [4.69, 9.17) is 5.53 Å². The van der Waals surface area contributed by atoms with E-state index in [1.54, 1.807) is 0 Å². The Balaban J connectivity index is 2.40. The van der Waals surface area contributed by atoms with Gasteiger partial charge in [0.1, 0.15) is 0 Å². The Kier molecular flexibility index (Phi) is 2.62. The zero-order valence-electron chi connectivity index (χ0n) is 8.43. The standard InChI is InChI=1S/C11H13N3O/c12-14-13-7-11(8-15)6-5-9-3-1-2-4-10(9)11/h1-4,15H,5-8H2/t11-/m0/s1. The van der Waals surface area contributed by atoms with E-state index in [0.717, 1.165) is 18.4 Å². The van der Waals surface area contributed by atoms with Crippen molar-refractivity contribution in [2.75, 3.05) is 13.2 Å². The molecule has 0 fully saturated rings. The average Bonchev–Trinajstić information content (AvgIpc) is 2.66. The normalized spacial score (nSPS) is 23.3. The number of rotatable bonds is 3. The first-order valence-electron chi connectivity index (χ1n) is 5.02. The van der Waals surface area contributed by atoms with Crippen LogP contribution in [0.3, 0.4) is 0 Å². The van der Waals surface area contributed by atoms with Crippen LogP contribution in [-0.4, -0.2) is 18.3 Å². The molecule has 1 aromatic rings. The topological polar surface area (TPSA) is 69.0 Å². The predicted molar refractivity (Wildman–Crippen MR) is 57.5 cm³/mol. The summed E-state index contributed by atoms with van der Waals surface area (Å²) in [7, 11) is 0. The molecule has 4 heteroatoms. The molecule has 78 valence electrons. The third-order valence-corrected chi connectivity index (χ3v) is 3.20. The highest BCUT2D eigenvalue weighted by molar-refractivity contribution is 5.39. The third kappa shape index (κ3) is 1.58. The highest BCUT2D eigenvalue weighted by atomic mass is 16.3. The first-order chi connectivity index (χ1) is 7.32. The van der Waals surface area contributed by atoms with Gasteiger partial charge in [-0.2, -0.15) is 0 Å². The van der Waals surface area contributed by atoms with Crippen LogP contribution in [0.5, 0.6) is 0 Å². The Morgan fingerprint density at radius 2 is 2.27 bits per heavy atom. The Labute approximate surface area is 88.2 Å². The predicted octanol–water partition coefficient (Wildman–Crippen LogP) is 2.17. The van der Waals surface area contributed by atoms with Crippen LogP contribution >= 0.6 is 0 Å². The van der Waals surface area contributed by atoms with Gasteiger partial charge in [0.2, 0.25) is 0 Å². The van der Waals surface area contributed by atoms with Crippen molar-refractivity contribution in [3.8, 4) is 0 Å². The fourth-order valence-corrected chi connectivity index (χ4v) is 2.31. The summed E-state index contributed by atoms with van der Waals surface area (Å²) in [5.41, 5.74) is 10.4. The summed E-state index contributed by atoms with van der Waals surface area (Å²) in [4.78, 5) is 2.78. The fraction of sp³-hybridized carbons (Fsp3) is 0.455. The van der Waals surface area contributed by atoms with E-state index in [1.165, 1.54) is 5.56 Å². The van der Waals surface area contributed by atoms with Crippen LogP contribution < -0.4 is 0 Å². The molecule has 1 aromatic carbocycles. The lowest BCUT2D eigenvalue weighted by Crippen LogP contribution is -2.31. The van der Waals surface area contributed by atoms with E-state index in [2.05, 4.69) is 16.1 Å². The van der Waals surface area contributed by atoms with Crippen molar-refractivity contribution in [2.24, 2.45) is 5.11 Å². The van der Waals surface area contributed by atoms with Gasteiger partial charge >= 0.3 is 0 Å². The van der Waals surface area contributed by atoms with Gasteiger partial charge in [0.15, 0.2) is 0 Å². The van der Waals surface area contributed by atoms with Crippen LogP contribution in [0, 0.1) is 0 Å². The highest BCUT2D eigenvalue weighted by Crippen LogP contribution is 2.38. The maximum absolute atomic E-state index is 9.51. The number of hydrogen-bond donors (Lipinski definition) is 1. The van der Waals surface area contributed by atoms with E-state index < -0.39 is 0 Å². The second-order valence-corrected chi connectivity index (χ2v) is 3.98. The van der Waals surface area contributed by atoms with Gasteiger partial charge in [-0.15, -0.1) is 0 Å². The molecule has 0 heterocycles. The van der Waals surface area contributed by atoms with Gasteiger partial charge in [0.05, 0.1) is 6.61 Å². The summed E-state index contributed by atoms with van der Waals surface area (Å²) < 4.78 is 0. The smallest absolute Gasteiger partial charge is 0.0529 e. The summed E-state index contributed by atoms with van der Waals surface area (Å²) in [6.07, 6.45) is 1.82. The molecule has 0 bridgehead atoms. The molecule has 0 radical (unpaired) electrons. The van der Waals surface area contributed by atoms with E-state index in [0.29, 0.717) is 6.54 Å². The average molecular weight is 203 g/mol. The first-order valence-corrected chi connectivity index (χ1v) is 5.02. The number of nitrogens with zero attached hydrogens (tertiary/aromatic N) is 3. The molecule has 0 saturated heterocycles. The maximum Gasteiger partial charge on any atom is 0.0529 e. The van der Waals surface area contributed by atoms with Gasteiger partial charge < -0.3 is 5.11 Å². The lowest BCUT2D eigenvalue weighted by atomic mass is 9.83. The molecule has 0 spiro atoms. The molecule has 1 atom stereocenters. The first kappa shape index (κ1) is 10.0. The van der Waals surface area contributed by atoms with Crippen molar-refractivity contribution < 1.29 is 5.11 Å². The molecule has 0 aromatic heterocycles. The zero-order chi connectivity index (χ0) is 10.7. The van der Waals surface area contributed by atoms with Crippen molar-refractivity contribution in [3.63, 3.8) is 0 Å². The van der Waals surface area contributed by atoms with Crippen molar-refractivity contribution in [1.82, 2.24) is 0 Å². The van der Waals surface area contributed by atoms with Crippen LogP contribution in [-0.2, 0) is 11.8 Å². The van der Waals surface area contributed by atoms with Gasteiger partial charge in [-0.1, -0.05) is 29.4 Å². The maximum atomic E-state index is 9.51. The lowest BCUT2D eigenvalue weighted by Gasteiger charge is -2.25. The molecule has 15 heavy (non-hydrogen) atoms.